The molecule has 16 heavy (non-hydrogen) atoms. The molecular formula is C14H27NO. The maximum Gasteiger partial charge on any atom is 0.0604 e. The molecule has 2 unspecified atom stereocenters. The van der Waals surface area contributed by atoms with Crippen LogP contribution in [0.15, 0.2) is 0 Å². The molecule has 0 aromatic carbocycles. The molecule has 2 saturated carbocycles. The van der Waals surface area contributed by atoms with Gasteiger partial charge in [0.25, 0.3) is 0 Å². The van der Waals surface area contributed by atoms with E-state index in [1.165, 1.54) is 45.1 Å². The quantitative estimate of drug-likeness (QED) is 0.776. The van der Waals surface area contributed by atoms with E-state index in [1.807, 2.05) is 0 Å². The van der Waals surface area contributed by atoms with Crippen LogP contribution in [0.1, 0.15) is 52.4 Å². The molecule has 1 N–H and O–H groups in total. The van der Waals surface area contributed by atoms with Crippen molar-refractivity contribution < 1.29 is 4.74 Å². The Bertz CT molecular complexity index is 201. The molecule has 0 heterocycles. The molecule has 2 heteroatoms. The van der Waals surface area contributed by atoms with E-state index in [0.717, 1.165) is 24.5 Å². The van der Waals surface area contributed by atoms with E-state index in [9.17, 15) is 0 Å². The predicted octanol–water partition coefficient (Wildman–Crippen LogP) is 2.97. The molecule has 0 spiro atoms. The Labute approximate surface area is 100 Å². The molecule has 0 aromatic heterocycles. The zero-order valence-electron chi connectivity index (χ0n) is 10.9. The summed E-state index contributed by atoms with van der Waals surface area (Å²) in [5, 5.41) is 3.72. The van der Waals surface area contributed by atoms with Gasteiger partial charge >= 0.3 is 0 Å². The number of ether oxygens (including phenoxy) is 1. The van der Waals surface area contributed by atoms with Gasteiger partial charge in [0.15, 0.2) is 0 Å². The summed E-state index contributed by atoms with van der Waals surface area (Å²) in [6, 6.07) is 0.744. The molecule has 0 saturated heterocycles. The predicted molar refractivity (Wildman–Crippen MR) is 67.6 cm³/mol. The van der Waals surface area contributed by atoms with Crippen LogP contribution in [0.4, 0.5) is 0 Å². The summed E-state index contributed by atoms with van der Waals surface area (Å²) in [6.07, 6.45) is 8.79. The Balaban J connectivity index is 1.55. The minimum atomic E-state index is 0.549. The van der Waals surface area contributed by atoms with Crippen LogP contribution in [0, 0.1) is 11.8 Å². The van der Waals surface area contributed by atoms with Crippen LogP contribution in [0.5, 0.6) is 0 Å². The van der Waals surface area contributed by atoms with Crippen molar-refractivity contribution >= 4 is 0 Å². The van der Waals surface area contributed by atoms with Crippen molar-refractivity contribution in [2.75, 3.05) is 13.2 Å². The van der Waals surface area contributed by atoms with E-state index in [4.69, 9.17) is 4.74 Å². The van der Waals surface area contributed by atoms with Gasteiger partial charge in [0, 0.05) is 12.6 Å². The fourth-order valence-corrected chi connectivity index (χ4v) is 3.18. The summed E-state index contributed by atoms with van der Waals surface area (Å²) in [6.45, 7) is 6.61. The first kappa shape index (κ1) is 12.4. The molecule has 0 radical (unpaired) electrons. The maximum atomic E-state index is 5.58. The molecule has 2 rings (SSSR count). The number of nitrogens with one attached hydrogen (secondary N) is 1. The van der Waals surface area contributed by atoms with Crippen LogP contribution in [-0.2, 0) is 4.74 Å². The Morgan fingerprint density at radius 2 is 2.00 bits per heavy atom. The highest BCUT2D eigenvalue weighted by Gasteiger charge is 2.29. The van der Waals surface area contributed by atoms with Crippen LogP contribution in [0.3, 0.4) is 0 Å². The van der Waals surface area contributed by atoms with Crippen molar-refractivity contribution in [2.24, 2.45) is 11.8 Å². The lowest BCUT2D eigenvalue weighted by atomic mass is 9.81. The number of hydrogen-bond donors (Lipinski definition) is 1. The van der Waals surface area contributed by atoms with E-state index >= 15 is 0 Å². The lowest BCUT2D eigenvalue weighted by molar-refractivity contribution is -0.0110. The molecule has 94 valence electrons. The van der Waals surface area contributed by atoms with Gasteiger partial charge in [0.1, 0.15) is 0 Å². The van der Waals surface area contributed by atoms with Gasteiger partial charge < -0.3 is 10.1 Å². The zero-order valence-corrected chi connectivity index (χ0v) is 10.9. The molecule has 2 atom stereocenters. The van der Waals surface area contributed by atoms with Crippen molar-refractivity contribution in [1.82, 2.24) is 5.32 Å². The number of rotatable bonds is 5. The summed E-state index contributed by atoms with van der Waals surface area (Å²) >= 11 is 0. The van der Waals surface area contributed by atoms with Crippen LogP contribution < -0.4 is 5.32 Å². The molecule has 2 fully saturated rings. The first-order valence-corrected chi connectivity index (χ1v) is 7.13. The Hall–Kier alpha value is -0.0800. The molecule has 2 aliphatic carbocycles. The minimum absolute atomic E-state index is 0.549. The SMILES string of the molecule is CCOC1CC(NCC2CCCC(C)C2)C1. The molecule has 0 amide bonds. The van der Waals surface area contributed by atoms with Gasteiger partial charge in [-0.05, 0) is 51.0 Å². The van der Waals surface area contributed by atoms with Crippen molar-refractivity contribution in [3.8, 4) is 0 Å². The Kier molecular flexibility index (Phi) is 4.66. The highest BCUT2D eigenvalue weighted by molar-refractivity contribution is 4.87. The van der Waals surface area contributed by atoms with E-state index in [2.05, 4.69) is 19.2 Å². The lowest BCUT2D eigenvalue weighted by Crippen LogP contribution is -2.47. The van der Waals surface area contributed by atoms with Gasteiger partial charge in [-0.25, -0.2) is 0 Å². The summed E-state index contributed by atoms with van der Waals surface area (Å²) in [5.41, 5.74) is 0. The fourth-order valence-electron chi connectivity index (χ4n) is 3.18. The summed E-state index contributed by atoms with van der Waals surface area (Å²) < 4.78 is 5.58. The summed E-state index contributed by atoms with van der Waals surface area (Å²) in [7, 11) is 0. The maximum absolute atomic E-state index is 5.58. The standard InChI is InChI=1S/C14H27NO/c1-3-16-14-8-13(9-14)15-10-12-6-4-5-11(2)7-12/h11-15H,3-10H2,1-2H3. The molecule has 0 bridgehead atoms. The van der Waals surface area contributed by atoms with Gasteiger partial charge in [0.05, 0.1) is 6.10 Å². The van der Waals surface area contributed by atoms with Gasteiger partial charge in [-0.15, -0.1) is 0 Å². The molecule has 0 aromatic rings. The van der Waals surface area contributed by atoms with Crippen LogP contribution in [0.2, 0.25) is 0 Å². The fraction of sp³-hybridized carbons (Fsp3) is 1.00. The monoisotopic (exact) mass is 225 g/mol. The second-order valence-electron chi connectivity index (χ2n) is 5.79. The van der Waals surface area contributed by atoms with E-state index in [1.54, 1.807) is 0 Å². The number of hydrogen-bond acceptors (Lipinski definition) is 2. The van der Waals surface area contributed by atoms with Crippen molar-refractivity contribution in [1.29, 1.82) is 0 Å². The van der Waals surface area contributed by atoms with Gasteiger partial charge in [0.2, 0.25) is 0 Å². The smallest absolute Gasteiger partial charge is 0.0604 e. The highest BCUT2D eigenvalue weighted by Crippen LogP contribution is 2.29. The molecule has 2 aliphatic rings. The van der Waals surface area contributed by atoms with Crippen LogP contribution in [0.25, 0.3) is 0 Å². The van der Waals surface area contributed by atoms with Gasteiger partial charge in [-0.1, -0.05) is 19.8 Å². The average molecular weight is 225 g/mol. The average Bonchev–Trinajstić information content (AvgIpc) is 2.21. The van der Waals surface area contributed by atoms with E-state index < -0.39 is 0 Å². The van der Waals surface area contributed by atoms with Gasteiger partial charge in [-0.3, -0.25) is 0 Å². The van der Waals surface area contributed by atoms with E-state index in [0.29, 0.717) is 6.10 Å². The van der Waals surface area contributed by atoms with Crippen molar-refractivity contribution in [3.63, 3.8) is 0 Å². The summed E-state index contributed by atoms with van der Waals surface area (Å²) in [5.74, 6) is 1.90. The van der Waals surface area contributed by atoms with E-state index in [-0.39, 0.29) is 0 Å². The Morgan fingerprint density at radius 1 is 1.19 bits per heavy atom. The second kappa shape index (κ2) is 6.02. The van der Waals surface area contributed by atoms with Crippen molar-refractivity contribution in [3.05, 3.63) is 0 Å². The van der Waals surface area contributed by atoms with Crippen LogP contribution in [-0.4, -0.2) is 25.3 Å². The van der Waals surface area contributed by atoms with Crippen LogP contribution >= 0.6 is 0 Å². The van der Waals surface area contributed by atoms with Gasteiger partial charge in [-0.2, -0.15) is 0 Å². The Morgan fingerprint density at radius 3 is 2.69 bits per heavy atom. The molecule has 2 nitrogen and oxygen atoms in total. The second-order valence-corrected chi connectivity index (χ2v) is 5.79. The van der Waals surface area contributed by atoms with Crippen molar-refractivity contribution in [2.45, 2.75) is 64.5 Å². The first-order chi connectivity index (χ1) is 7.78. The normalized spacial score (nSPS) is 39.4. The zero-order chi connectivity index (χ0) is 11.4. The third-order valence-electron chi connectivity index (χ3n) is 4.24. The minimum Gasteiger partial charge on any atom is -0.378 e. The third-order valence-corrected chi connectivity index (χ3v) is 4.24. The highest BCUT2D eigenvalue weighted by atomic mass is 16.5. The molecule has 0 aliphatic heterocycles. The third kappa shape index (κ3) is 3.46. The topological polar surface area (TPSA) is 21.3 Å². The first-order valence-electron chi connectivity index (χ1n) is 7.13. The summed E-state index contributed by atoms with van der Waals surface area (Å²) in [4.78, 5) is 0. The largest absolute Gasteiger partial charge is 0.378 e. The molecular weight excluding hydrogens is 198 g/mol. The lowest BCUT2D eigenvalue weighted by Gasteiger charge is -2.37.